The normalized spacial score (nSPS) is 10.4. The number of aromatic nitrogens is 2. The molecule has 0 saturated heterocycles. The van der Waals surface area contributed by atoms with Crippen molar-refractivity contribution in [1.29, 1.82) is 10.5 Å². The highest BCUT2D eigenvalue weighted by Gasteiger charge is 2.10. The monoisotopic (exact) mass is 352 g/mol. The van der Waals surface area contributed by atoms with Gasteiger partial charge in [0.05, 0.1) is 36.4 Å². The second-order valence-corrected chi connectivity index (χ2v) is 5.86. The molecule has 1 heterocycles. The van der Waals surface area contributed by atoms with E-state index in [0.717, 1.165) is 16.8 Å². The van der Waals surface area contributed by atoms with Crippen molar-refractivity contribution < 1.29 is 4.79 Å². The number of allylic oxidation sites excluding steroid dienone is 1. The maximum atomic E-state index is 12.4. The number of nitrogens with zero attached hydrogens (tertiary/aromatic N) is 4. The van der Waals surface area contributed by atoms with Gasteiger partial charge in [0.2, 0.25) is 0 Å². The van der Waals surface area contributed by atoms with E-state index in [1.165, 1.54) is 6.08 Å². The Kier molecular flexibility index (Phi) is 5.57. The molecule has 0 aliphatic rings. The topological polar surface area (TPSA) is 82.5 Å². The van der Waals surface area contributed by atoms with Crippen LogP contribution in [-0.2, 0) is 6.54 Å². The molecule has 0 bridgehead atoms. The molecule has 0 unspecified atom stereocenters. The van der Waals surface area contributed by atoms with Crippen LogP contribution in [0.25, 0.3) is 17.3 Å². The van der Waals surface area contributed by atoms with Gasteiger partial charge >= 0.3 is 0 Å². The summed E-state index contributed by atoms with van der Waals surface area (Å²) in [5.74, 6) is -0.150. The molecular formula is C22H16N4O. The van der Waals surface area contributed by atoms with E-state index in [9.17, 15) is 4.79 Å². The fourth-order valence-corrected chi connectivity index (χ4v) is 2.63. The molecule has 1 aromatic heterocycles. The fraction of sp³-hybridized carbons (Fsp3) is 0.0909. The number of rotatable bonds is 6. The van der Waals surface area contributed by atoms with E-state index in [0.29, 0.717) is 24.1 Å². The van der Waals surface area contributed by atoms with Crippen molar-refractivity contribution in [2.75, 3.05) is 0 Å². The van der Waals surface area contributed by atoms with E-state index in [-0.39, 0.29) is 5.78 Å². The summed E-state index contributed by atoms with van der Waals surface area (Å²) in [5, 5.41) is 22.2. The number of benzene rings is 2. The lowest BCUT2D eigenvalue weighted by Crippen LogP contribution is -1.97. The summed E-state index contributed by atoms with van der Waals surface area (Å²) in [6.07, 6.45) is 5.43. The van der Waals surface area contributed by atoms with Crippen LogP contribution in [0.2, 0.25) is 0 Å². The van der Waals surface area contributed by atoms with Gasteiger partial charge in [0.25, 0.3) is 0 Å². The lowest BCUT2D eigenvalue weighted by Gasteiger charge is -1.99. The number of carbonyl (C=O) groups excluding carboxylic acids is 1. The number of hydrogen-bond donors (Lipinski definition) is 0. The van der Waals surface area contributed by atoms with E-state index < -0.39 is 0 Å². The van der Waals surface area contributed by atoms with Crippen molar-refractivity contribution in [3.8, 4) is 23.4 Å². The first-order valence-corrected chi connectivity index (χ1v) is 8.43. The fourth-order valence-electron chi connectivity index (χ4n) is 2.63. The Morgan fingerprint density at radius 3 is 2.48 bits per heavy atom. The van der Waals surface area contributed by atoms with Crippen LogP contribution in [0.3, 0.4) is 0 Å². The van der Waals surface area contributed by atoms with Crippen LogP contribution >= 0.6 is 0 Å². The minimum Gasteiger partial charge on any atom is -0.289 e. The first kappa shape index (κ1) is 17.8. The number of aryl methyl sites for hydroxylation is 1. The predicted octanol–water partition coefficient (Wildman–Crippen LogP) is 4.23. The van der Waals surface area contributed by atoms with Crippen LogP contribution in [-0.4, -0.2) is 15.6 Å². The van der Waals surface area contributed by atoms with Gasteiger partial charge < -0.3 is 0 Å². The number of hydrogen-bond acceptors (Lipinski definition) is 4. The molecule has 3 aromatic rings. The summed E-state index contributed by atoms with van der Waals surface area (Å²) in [5.41, 5.74) is 3.54. The van der Waals surface area contributed by atoms with E-state index in [2.05, 4.69) is 11.2 Å². The van der Waals surface area contributed by atoms with Gasteiger partial charge in [-0.05, 0) is 36.4 Å². The van der Waals surface area contributed by atoms with Crippen LogP contribution in [0, 0.1) is 22.7 Å². The lowest BCUT2D eigenvalue weighted by atomic mass is 10.1. The first-order chi connectivity index (χ1) is 13.2. The van der Waals surface area contributed by atoms with Crippen molar-refractivity contribution in [3.63, 3.8) is 0 Å². The number of carbonyl (C=O) groups is 1. The molecular weight excluding hydrogens is 336 g/mol. The Morgan fingerprint density at radius 1 is 1.07 bits per heavy atom. The maximum absolute atomic E-state index is 12.4. The molecule has 0 spiro atoms. The second kappa shape index (κ2) is 8.42. The van der Waals surface area contributed by atoms with Gasteiger partial charge in [0.1, 0.15) is 0 Å². The van der Waals surface area contributed by atoms with Crippen LogP contribution in [0.4, 0.5) is 0 Å². The largest absolute Gasteiger partial charge is 0.289 e. The summed E-state index contributed by atoms with van der Waals surface area (Å²) in [7, 11) is 0. The molecule has 3 rings (SSSR count). The minimum absolute atomic E-state index is 0.150. The number of nitriles is 2. The Morgan fingerprint density at radius 2 is 1.81 bits per heavy atom. The molecule has 27 heavy (non-hydrogen) atoms. The van der Waals surface area contributed by atoms with Gasteiger partial charge in [-0.15, -0.1) is 0 Å². The Hall–Kier alpha value is -3.96. The molecule has 0 aliphatic heterocycles. The smallest absolute Gasteiger partial charge is 0.185 e. The van der Waals surface area contributed by atoms with Crippen LogP contribution < -0.4 is 0 Å². The van der Waals surface area contributed by atoms with Crippen molar-refractivity contribution >= 4 is 11.9 Å². The summed E-state index contributed by atoms with van der Waals surface area (Å²) in [4.78, 5) is 12.4. The highest BCUT2D eigenvalue weighted by Crippen LogP contribution is 2.23. The zero-order valence-corrected chi connectivity index (χ0v) is 14.5. The molecule has 5 nitrogen and oxygen atoms in total. The summed E-state index contributed by atoms with van der Waals surface area (Å²) >= 11 is 0. The summed E-state index contributed by atoms with van der Waals surface area (Å²) in [6, 6.07) is 20.4. The van der Waals surface area contributed by atoms with Crippen LogP contribution in [0.1, 0.15) is 27.9 Å². The van der Waals surface area contributed by atoms with Crippen LogP contribution in [0.15, 0.2) is 66.9 Å². The van der Waals surface area contributed by atoms with E-state index in [1.54, 1.807) is 35.0 Å². The first-order valence-electron chi connectivity index (χ1n) is 8.43. The molecule has 130 valence electrons. The zero-order chi connectivity index (χ0) is 19.1. The van der Waals surface area contributed by atoms with Gasteiger partial charge in [-0.2, -0.15) is 15.6 Å². The lowest BCUT2D eigenvalue weighted by molar-refractivity contribution is 0.104. The van der Waals surface area contributed by atoms with E-state index in [1.807, 2.05) is 42.6 Å². The van der Waals surface area contributed by atoms with Gasteiger partial charge in [0.15, 0.2) is 5.78 Å². The van der Waals surface area contributed by atoms with Gasteiger partial charge in [-0.1, -0.05) is 30.3 Å². The van der Waals surface area contributed by atoms with E-state index in [4.69, 9.17) is 10.5 Å². The predicted molar refractivity (Wildman–Crippen MR) is 102 cm³/mol. The highest BCUT2D eigenvalue weighted by atomic mass is 16.1. The molecule has 0 aliphatic carbocycles. The van der Waals surface area contributed by atoms with Gasteiger partial charge in [-0.3, -0.25) is 9.48 Å². The average molecular weight is 352 g/mol. The molecule has 0 radical (unpaired) electrons. The summed E-state index contributed by atoms with van der Waals surface area (Å²) < 4.78 is 1.72. The molecule has 0 amide bonds. The Balaban J connectivity index is 1.89. The quantitative estimate of drug-likeness (QED) is 0.491. The third-order valence-corrected chi connectivity index (χ3v) is 4.00. The standard InChI is InChI=1S/C22H16N4O/c23-13-4-14-26-16-20(22(25-26)19-5-2-1-3-6-19)11-12-21(27)18-9-7-17(15-24)8-10-18/h1-3,5-12,16H,4,14H2. The molecule has 0 saturated carbocycles. The maximum Gasteiger partial charge on any atom is 0.185 e. The SMILES string of the molecule is N#CCCn1cc(C=CC(=O)c2ccc(C#N)cc2)c(-c2ccccc2)n1. The molecule has 5 heteroatoms. The zero-order valence-electron chi connectivity index (χ0n) is 14.5. The molecule has 0 atom stereocenters. The third-order valence-electron chi connectivity index (χ3n) is 4.00. The average Bonchev–Trinajstić information content (AvgIpc) is 3.14. The van der Waals surface area contributed by atoms with Crippen molar-refractivity contribution in [1.82, 2.24) is 9.78 Å². The number of ketones is 1. The third kappa shape index (κ3) is 4.36. The van der Waals surface area contributed by atoms with Crippen molar-refractivity contribution in [3.05, 3.63) is 83.6 Å². The van der Waals surface area contributed by atoms with Crippen molar-refractivity contribution in [2.24, 2.45) is 0 Å². The Bertz CT molecular complexity index is 1050. The second-order valence-electron chi connectivity index (χ2n) is 5.86. The molecule has 0 N–H and O–H groups in total. The highest BCUT2D eigenvalue weighted by molar-refractivity contribution is 6.07. The minimum atomic E-state index is -0.150. The van der Waals surface area contributed by atoms with Crippen molar-refractivity contribution in [2.45, 2.75) is 13.0 Å². The molecule has 0 fully saturated rings. The Labute approximate surface area is 157 Å². The van der Waals surface area contributed by atoms with Gasteiger partial charge in [0, 0.05) is 22.9 Å². The summed E-state index contributed by atoms with van der Waals surface area (Å²) in [6.45, 7) is 0.494. The van der Waals surface area contributed by atoms with Gasteiger partial charge in [-0.25, -0.2) is 0 Å². The van der Waals surface area contributed by atoms with E-state index >= 15 is 0 Å². The van der Waals surface area contributed by atoms with Crippen LogP contribution in [0.5, 0.6) is 0 Å². The molecule has 2 aromatic carbocycles.